The number of benzene rings is 1. The van der Waals surface area contributed by atoms with Crippen molar-refractivity contribution in [1.82, 2.24) is 5.32 Å². The molecule has 4 nitrogen and oxygen atoms in total. The average molecular weight is 238 g/mol. The molecule has 1 aliphatic carbocycles. The van der Waals surface area contributed by atoms with Gasteiger partial charge in [0.25, 0.3) is 0 Å². The number of hydrogen-bond acceptors (Lipinski definition) is 3. The number of alkyl carbamates (subject to hydrolysis) is 1. The molecule has 1 aliphatic heterocycles. The summed E-state index contributed by atoms with van der Waals surface area (Å²) < 4.78 is 26.6. The Balaban J connectivity index is 2.20. The summed E-state index contributed by atoms with van der Waals surface area (Å²) in [5.41, 5.74) is -0.457. The van der Waals surface area contributed by atoms with Gasteiger partial charge in [-0.2, -0.15) is 0 Å². The molecule has 2 aliphatic rings. The number of carbonyl (C=O) groups excluding carboxylic acids is 1. The first-order chi connectivity index (χ1) is 8.45. The third-order valence-electron chi connectivity index (χ3n) is 3.40. The van der Waals surface area contributed by atoms with Crippen LogP contribution in [0, 0.1) is 5.82 Å². The van der Waals surface area contributed by atoms with E-state index in [1.807, 2.05) is 0 Å². The summed E-state index contributed by atoms with van der Waals surface area (Å²) in [6.45, 7) is 0.0956. The number of amides is 1. The van der Waals surface area contributed by atoms with E-state index in [1.165, 1.54) is 12.1 Å². The van der Waals surface area contributed by atoms with Gasteiger partial charge in [-0.05, 0) is 24.5 Å². The highest BCUT2D eigenvalue weighted by atomic mass is 19.1. The molecule has 2 N–H and O–H groups in total. The minimum atomic E-state index is -1.96. The Morgan fingerprint density at radius 3 is 3.18 bits per heavy atom. The second kappa shape index (κ2) is 3.43. The van der Waals surface area contributed by atoms with E-state index in [4.69, 9.17) is 6.11 Å². The first kappa shape index (κ1) is 9.41. The number of aliphatic hydroxyl groups is 1. The number of halogens is 1. The van der Waals surface area contributed by atoms with Gasteiger partial charge in [-0.25, -0.2) is 9.18 Å². The SMILES string of the molecule is [2H][C@@]1(O)CC[C@@]2(COC(=O)N2)c2cccc(F)c21. The molecule has 0 aromatic heterocycles. The van der Waals surface area contributed by atoms with Crippen LogP contribution >= 0.6 is 0 Å². The predicted molar refractivity (Wildman–Crippen MR) is 56.8 cm³/mol. The molecular weight excluding hydrogens is 225 g/mol. The molecule has 1 aromatic carbocycles. The van der Waals surface area contributed by atoms with Crippen LogP contribution in [0.5, 0.6) is 0 Å². The Kier molecular flexibility index (Phi) is 1.90. The van der Waals surface area contributed by atoms with E-state index in [1.54, 1.807) is 6.07 Å². The fraction of sp³-hybridized carbons (Fsp3) is 0.417. The fourth-order valence-corrected chi connectivity index (χ4v) is 2.54. The molecule has 1 heterocycles. The number of hydrogen-bond donors (Lipinski definition) is 2. The largest absolute Gasteiger partial charge is 0.447 e. The highest BCUT2D eigenvalue weighted by molar-refractivity contribution is 5.71. The molecule has 1 saturated heterocycles. The van der Waals surface area contributed by atoms with Gasteiger partial charge in [-0.3, -0.25) is 0 Å². The lowest BCUT2D eigenvalue weighted by atomic mass is 9.76. The zero-order valence-corrected chi connectivity index (χ0v) is 9.00. The second-order valence-electron chi connectivity index (χ2n) is 4.39. The molecule has 1 amide bonds. The van der Waals surface area contributed by atoms with Gasteiger partial charge in [-0.1, -0.05) is 12.1 Å². The van der Waals surface area contributed by atoms with E-state index >= 15 is 0 Å². The number of rotatable bonds is 0. The number of fused-ring (bicyclic) bond motifs is 2. The van der Waals surface area contributed by atoms with Crippen molar-refractivity contribution < 1.29 is 20.4 Å². The third kappa shape index (κ3) is 1.42. The Morgan fingerprint density at radius 1 is 1.65 bits per heavy atom. The van der Waals surface area contributed by atoms with Crippen molar-refractivity contribution in [2.45, 2.75) is 24.5 Å². The van der Waals surface area contributed by atoms with Crippen molar-refractivity contribution in [2.24, 2.45) is 0 Å². The van der Waals surface area contributed by atoms with Gasteiger partial charge in [0.05, 0.1) is 7.45 Å². The molecule has 5 heteroatoms. The van der Waals surface area contributed by atoms with E-state index in [9.17, 15) is 14.3 Å². The van der Waals surface area contributed by atoms with Crippen molar-refractivity contribution >= 4 is 6.09 Å². The number of ether oxygens (including phenoxy) is 1. The highest BCUT2D eigenvalue weighted by Gasteiger charge is 2.46. The molecule has 1 spiro atoms. The van der Waals surface area contributed by atoms with Crippen LogP contribution in [0.1, 0.15) is 31.4 Å². The molecule has 1 aromatic rings. The first-order valence-corrected chi connectivity index (χ1v) is 5.41. The van der Waals surface area contributed by atoms with Gasteiger partial charge in [-0.15, -0.1) is 0 Å². The average Bonchev–Trinajstić information content (AvgIpc) is 2.68. The lowest BCUT2D eigenvalue weighted by molar-refractivity contribution is 0.116. The zero-order valence-electron chi connectivity index (χ0n) is 10.00. The Labute approximate surface area is 98.8 Å². The van der Waals surface area contributed by atoms with Crippen molar-refractivity contribution in [3.63, 3.8) is 0 Å². The predicted octanol–water partition coefficient (Wildman–Crippen LogP) is 1.59. The molecule has 17 heavy (non-hydrogen) atoms. The van der Waals surface area contributed by atoms with Crippen LogP contribution in [0.25, 0.3) is 0 Å². The lowest BCUT2D eigenvalue weighted by Gasteiger charge is -2.35. The van der Waals surface area contributed by atoms with Gasteiger partial charge >= 0.3 is 6.09 Å². The van der Waals surface area contributed by atoms with E-state index in [-0.39, 0.29) is 18.6 Å². The molecular formula is C12H12FNO3. The van der Waals surface area contributed by atoms with E-state index in [0.29, 0.717) is 12.0 Å². The Hall–Kier alpha value is -1.62. The topological polar surface area (TPSA) is 58.6 Å². The molecule has 0 bridgehead atoms. The standard InChI is InChI=1S/C12H12FNO3/c13-8-3-1-2-7-10(8)9(15)4-5-12(7)6-17-11(16)14-12/h1-3,9,15H,4-6H2,(H,14,16)/t9-,12-/m1/s1/i9D. The monoisotopic (exact) mass is 238 g/mol. The first-order valence-electron chi connectivity index (χ1n) is 5.91. The summed E-state index contributed by atoms with van der Waals surface area (Å²) in [5, 5.41) is 12.7. The summed E-state index contributed by atoms with van der Waals surface area (Å²) in [4.78, 5) is 11.2. The van der Waals surface area contributed by atoms with Crippen LogP contribution in [0.4, 0.5) is 9.18 Å². The van der Waals surface area contributed by atoms with Crippen LogP contribution in [-0.2, 0) is 10.3 Å². The maximum absolute atomic E-state index is 13.9. The minimum Gasteiger partial charge on any atom is -0.447 e. The zero-order chi connectivity index (χ0) is 13.0. The van der Waals surface area contributed by atoms with E-state index in [0.717, 1.165) is 0 Å². The van der Waals surface area contributed by atoms with E-state index < -0.39 is 23.5 Å². The molecule has 0 unspecified atom stereocenters. The van der Waals surface area contributed by atoms with Crippen molar-refractivity contribution in [1.29, 1.82) is 0 Å². The lowest BCUT2D eigenvalue weighted by Crippen LogP contribution is -2.44. The third-order valence-corrected chi connectivity index (χ3v) is 3.40. The molecule has 2 atom stereocenters. The fourth-order valence-electron chi connectivity index (χ4n) is 2.54. The number of cyclic esters (lactones) is 1. The quantitative estimate of drug-likeness (QED) is 0.721. The van der Waals surface area contributed by atoms with Gasteiger partial charge in [0, 0.05) is 5.56 Å². The maximum Gasteiger partial charge on any atom is 0.408 e. The normalized spacial score (nSPS) is 36.1. The van der Waals surface area contributed by atoms with Crippen molar-refractivity contribution in [3.8, 4) is 0 Å². The highest BCUT2D eigenvalue weighted by Crippen LogP contribution is 2.43. The molecule has 3 rings (SSSR count). The van der Waals surface area contributed by atoms with Crippen LogP contribution in [0.3, 0.4) is 0 Å². The summed E-state index contributed by atoms with van der Waals surface area (Å²) in [6, 6.07) is 4.32. The summed E-state index contributed by atoms with van der Waals surface area (Å²) in [6.07, 6.45) is -2.13. The maximum atomic E-state index is 13.9. The summed E-state index contributed by atoms with van der Waals surface area (Å²) in [5.74, 6) is -0.634. The van der Waals surface area contributed by atoms with Crippen LogP contribution in [0.2, 0.25) is 0 Å². The van der Waals surface area contributed by atoms with Crippen molar-refractivity contribution in [2.75, 3.05) is 6.61 Å². The number of nitrogens with one attached hydrogen (secondary N) is 1. The van der Waals surface area contributed by atoms with Crippen LogP contribution in [0.15, 0.2) is 18.2 Å². The van der Waals surface area contributed by atoms with E-state index in [2.05, 4.69) is 5.32 Å². The number of carbonyl (C=O) groups is 1. The van der Waals surface area contributed by atoms with Gasteiger partial charge in [0.1, 0.15) is 18.0 Å². The van der Waals surface area contributed by atoms with Crippen LogP contribution in [-0.4, -0.2) is 17.8 Å². The second-order valence-corrected chi connectivity index (χ2v) is 4.39. The smallest absolute Gasteiger partial charge is 0.408 e. The minimum absolute atomic E-state index is 0.0462. The Bertz CT molecular complexity index is 534. The van der Waals surface area contributed by atoms with Gasteiger partial charge in [0.2, 0.25) is 0 Å². The molecule has 0 saturated carbocycles. The molecule has 90 valence electrons. The van der Waals surface area contributed by atoms with Gasteiger partial charge < -0.3 is 15.2 Å². The molecule has 1 fully saturated rings. The van der Waals surface area contributed by atoms with Gasteiger partial charge in [0.15, 0.2) is 0 Å². The van der Waals surface area contributed by atoms with Crippen LogP contribution < -0.4 is 5.32 Å². The summed E-state index contributed by atoms with van der Waals surface area (Å²) >= 11 is 0. The molecule has 0 radical (unpaired) electrons. The van der Waals surface area contributed by atoms with Crippen molar-refractivity contribution in [3.05, 3.63) is 35.1 Å². The Morgan fingerprint density at radius 2 is 2.47 bits per heavy atom. The summed E-state index contributed by atoms with van der Waals surface area (Å²) in [7, 11) is 0.